The molecule has 10 heteroatoms. The molecule has 2 aromatic rings. The van der Waals surface area contributed by atoms with Crippen LogP contribution in [0.3, 0.4) is 0 Å². The van der Waals surface area contributed by atoms with Gasteiger partial charge in [-0.3, -0.25) is 9.59 Å². The third-order valence-corrected chi connectivity index (χ3v) is 5.53. The molecule has 2 rings (SSSR count). The summed E-state index contributed by atoms with van der Waals surface area (Å²) in [5.74, 6) is -1.54. The summed E-state index contributed by atoms with van der Waals surface area (Å²) in [5.41, 5.74) is 0.933. The van der Waals surface area contributed by atoms with Gasteiger partial charge in [-0.05, 0) is 42.5 Å². The number of rotatable bonds is 9. The van der Waals surface area contributed by atoms with E-state index in [4.69, 9.17) is 4.74 Å². The maximum absolute atomic E-state index is 13.7. The Balaban J connectivity index is 1.85. The molecule has 8 nitrogen and oxygen atoms in total. The Hall–Kier alpha value is -2.98. The average molecular weight is 437 g/mol. The number of anilines is 1. The summed E-state index contributed by atoms with van der Waals surface area (Å²) in [5, 5.41) is 5.30. The summed E-state index contributed by atoms with van der Waals surface area (Å²) in [4.78, 5) is 23.6. The molecule has 0 aliphatic carbocycles. The van der Waals surface area contributed by atoms with E-state index in [1.807, 2.05) is 0 Å². The highest BCUT2D eigenvalue weighted by molar-refractivity contribution is 7.89. The van der Waals surface area contributed by atoms with E-state index in [1.165, 1.54) is 19.2 Å². The van der Waals surface area contributed by atoms with Crippen LogP contribution < -0.4 is 20.1 Å². The molecule has 0 fully saturated rings. The zero-order valence-electron chi connectivity index (χ0n) is 16.9. The smallest absolute Gasteiger partial charge is 0.251 e. The van der Waals surface area contributed by atoms with Crippen molar-refractivity contribution in [2.45, 2.75) is 18.7 Å². The Bertz CT molecular complexity index is 1010. The molecule has 0 saturated heterocycles. The molecule has 0 aliphatic rings. The molecule has 0 atom stereocenters. The normalized spacial score (nSPS) is 11.2. The van der Waals surface area contributed by atoms with Crippen LogP contribution in [-0.2, 0) is 14.8 Å². The summed E-state index contributed by atoms with van der Waals surface area (Å²) in [7, 11) is -2.65. The summed E-state index contributed by atoms with van der Waals surface area (Å²) in [6.07, 6.45) is 0. The number of amides is 2. The number of sulfonamides is 1. The van der Waals surface area contributed by atoms with Gasteiger partial charge >= 0.3 is 0 Å². The van der Waals surface area contributed by atoms with Gasteiger partial charge in [0, 0.05) is 30.3 Å². The maximum Gasteiger partial charge on any atom is 0.251 e. The Labute approximate surface area is 174 Å². The van der Waals surface area contributed by atoms with Crippen LogP contribution in [-0.4, -0.2) is 40.4 Å². The van der Waals surface area contributed by atoms with Gasteiger partial charge in [0.2, 0.25) is 15.9 Å². The molecule has 3 N–H and O–H groups in total. The first-order valence-corrected chi connectivity index (χ1v) is 10.6. The number of methoxy groups -OCH3 is 1. The summed E-state index contributed by atoms with van der Waals surface area (Å²) >= 11 is 0. The summed E-state index contributed by atoms with van der Waals surface area (Å²) in [6, 6.07) is 9.62. The molecule has 0 bridgehead atoms. The Kier molecular flexibility index (Phi) is 7.90. The largest absolute Gasteiger partial charge is 0.494 e. The lowest BCUT2D eigenvalue weighted by Gasteiger charge is -2.10. The van der Waals surface area contributed by atoms with E-state index >= 15 is 0 Å². The van der Waals surface area contributed by atoms with E-state index < -0.39 is 21.7 Å². The molecule has 2 aromatic carbocycles. The SMILES string of the molecule is COc1ccc(S(=O)(=O)NCCNC(=O)c2ccc(NC(=O)C(C)C)cc2)cc1F. The fraction of sp³-hybridized carbons (Fsp3) is 0.300. The molecule has 0 unspecified atom stereocenters. The quantitative estimate of drug-likeness (QED) is 0.520. The minimum absolute atomic E-state index is 0.0303. The number of carbonyl (C=O) groups excluding carboxylic acids is 2. The van der Waals surface area contributed by atoms with Crippen LogP contribution in [0.2, 0.25) is 0 Å². The highest BCUT2D eigenvalue weighted by Gasteiger charge is 2.16. The molecule has 2 amide bonds. The minimum Gasteiger partial charge on any atom is -0.494 e. The van der Waals surface area contributed by atoms with Crippen molar-refractivity contribution < 1.29 is 27.1 Å². The topological polar surface area (TPSA) is 114 Å². The maximum atomic E-state index is 13.7. The number of benzene rings is 2. The van der Waals surface area contributed by atoms with Gasteiger partial charge < -0.3 is 15.4 Å². The van der Waals surface area contributed by atoms with Gasteiger partial charge in [-0.1, -0.05) is 13.8 Å². The van der Waals surface area contributed by atoms with Crippen LogP contribution in [0.4, 0.5) is 10.1 Å². The van der Waals surface area contributed by atoms with Crippen LogP contribution >= 0.6 is 0 Å². The van der Waals surface area contributed by atoms with Gasteiger partial charge in [-0.25, -0.2) is 17.5 Å². The van der Waals surface area contributed by atoms with Crippen molar-refractivity contribution in [3.8, 4) is 5.75 Å². The minimum atomic E-state index is -3.93. The predicted octanol–water partition coefficient (Wildman–Crippen LogP) is 2.14. The van der Waals surface area contributed by atoms with E-state index in [1.54, 1.807) is 38.1 Å². The van der Waals surface area contributed by atoms with E-state index in [9.17, 15) is 22.4 Å². The van der Waals surface area contributed by atoms with Gasteiger partial charge in [0.05, 0.1) is 12.0 Å². The lowest BCUT2D eigenvalue weighted by molar-refractivity contribution is -0.118. The van der Waals surface area contributed by atoms with Gasteiger partial charge in [0.25, 0.3) is 5.91 Å². The van der Waals surface area contributed by atoms with Gasteiger partial charge in [-0.15, -0.1) is 0 Å². The predicted molar refractivity (Wildman–Crippen MR) is 110 cm³/mol. The lowest BCUT2D eigenvalue weighted by Crippen LogP contribution is -2.34. The molecule has 30 heavy (non-hydrogen) atoms. The molecule has 0 spiro atoms. The number of carbonyl (C=O) groups is 2. The molecule has 162 valence electrons. The van der Waals surface area contributed by atoms with Crippen LogP contribution in [0.1, 0.15) is 24.2 Å². The van der Waals surface area contributed by atoms with Crippen LogP contribution in [0, 0.1) is 11.7 Å². The standard InChI is InChI=1S/C20H24FN3O5S/c1-13(2)19(25)24-15-6-4-14(5-7-15)20(26)22-10-11-23-30(27,28)16-8-9-18(29-3)17(21)12-16/h4-9,12-13,23H,10-11H2,1-3H3,(H,22,26)(H,24,25). The third kappa shape index (κ3) is 6.26. The van der Waals surface area contributed by atoms with Crippen molar-refractivity contribution in [1.29, 1.82) is 0 Å². The zero-order valence-corrected chi connectivity index (χ0v) is 17.7. The van der Waals surface area contributed by atoms with E-state index in [0.29, 0.717) is 11.3 Å². The zero-order chi connectivity index (χ0) is 22.3. The Morgan fingerprint density at radius 2 is 1.73 bits per heavy atom. The van der Waals surface area contributed by atoms with Crippen LogP contribution in [0.25, 0.3) is 0 Å². The number of ether oxygens (including phenoxy) is 1. The van der Waals surface area contributed by atoms with Gasteiger partial charge in [0.15, 0.2) is 11.6 Å². The first-order chi connectivity index (χ1) is 14.1. The number of halogens is 1. The fourth-order valence-corrected chi connectivity index (χ4v) is 3.40. The van der Waals surface area contributed by atoms with Crippen molar-refractivity contribution in [3.05, 3.63) is 53.8 Å². The Morgan fingerprint density at radius 3 is 2.30 bits per heavy atom. The highest BCUT2D eigenvalue weighted by atomic mass is 32.2. The van der Waals surface area contributed by atoms with Crippen molar-refractivity contribution in [2.24, 2.45) is 5.92 Å². The first kappa shape index (κ1) is 23.3. The van der Waals surface area contributed by atoms with Crippen LogP contribution in [0.15, 0.2) is 47.4 Å². The molecule has 0 aromatic heterocycles. The van der Waals surface area contributed by atoms with E-state index in [2.05, 4.69) is 15.4 Å². The third-order valence-electron chi connectivity index (χ3n) is 4.08. The van der Waals surface area contributed by atoms with Crippen molar-refractivity contribution >= 4 is 27.5 Å². The highest BCUT2D eigenvalue weighted by Crippen LogP contribution is 2.20. The fourth-order valence-electron chi connectivity index (χ4n) is 2.35. The monoisotopic (exact) mass is 437 g/mol. The summed E-state index contributed by atoms with van der Waals surface area (Å²) in [6.45, 7) is 3.50. The molecule has 0 heterocycles. The second kappa shape index (κ2) is 10.2. The number of hydrogen-bond acceptors (Lipinski definition) is 5. The Morgan fingerprint density at radius 1 is 1.07 bits per heavy atom. The van der Waals surface area contributed by atoms with Crippen molar-refractivity contribution in [2.75, 3.05) is 25.5 Å². The summed E-state index contributed by atoms with van der Waals surface area (Å²) < 4.78 is 45.2. The van der Waals surface area contributed by atoms with Crippen molar-refractivity contribution in [3.63, 3.8) is 0 Å². The van der Waals surface area contributed by atoms with Gasteiger partial charge in [-0.2, -0.15) is 0 Å². The lowest BCUT2D eigenvalue weighted by atomic mass is 10.1. The van der Waals surface area contributed by atoms with Crippen molar-refractivity contribution in [1.82, 2.24) is 10.0 Å². The molecular formula is C20H24FN3O5S. The second-order valence-electron chi connectivity index (χ2n) is 6.67. The molecule has 0 aliphatic heterocycles. The number of hydrogen-bond donors (Lipinski definition) is 3. The molecular weight excluding hydrogens is 413 g/mol. The van der Waals surface area contributed by atoms with E-state index in [0.717, 1.165) is 6.07 Å². The molecule has 0 radical (unpaired) electrons. The van der Waals surface area contributed by atoms with Crippen LogP contribution in [0.5, 0.6) is 5.75 Å². The number of nitrogens with one attached hydrogen (secondary N) is 3. The van der Waals surface area contributed by atoms with E-state index in [-0.39, 0.29) is 35.6 Å². The first-order valence-electron chi connectivity index (χ1n) is 9.16. The van der Waals surface area contributed by atoms with Gasteiger partial charge in [0.1, 0.15) is 0 Å². The molecule has 0 saturated carbocycles. The second-order valence-corrected chi connectivity index (χ2v) is 8.44. The average Bonchev–Trinajstić information content (AvgIpc) is 2.71.